The number of nitrogens with one attached hydrogen (secondary N) is 1. The van der Waals surface area contributed by atoms with Crippen LogP contribution in [0, 0.1) is 6.92 Å². The first-order valence-corrected chi connectivity index (χ1v) is 10.4. The van der Waals surface area contributed by atoms with E-state index in [1.165, 1.54) is 11.3 Å². The molecule has 1 aliphatic heterocycles. The van der Waals surface area contributed by atoms with Gasteiger partial charge in [0.1, 0.15) is 0 Å². The van der Waals surface area contributed by atoms with Crippen LogP contribution < -0.4 is 5.32 Å². The molecule has 29 heavy (non-hydrogen) atoms. The summed E-state index contributed by atoms with van der Waals surface area (Å²) in [5, 5.41) is 10.2. The van der Waals surface area contributed by atoms with E-state index in [-0.39, 0.29) is 18.3 Å². The molecule has 0 saturated heterocycles. The van der Waals surface area contributed by atoms with Crippen molar-refractivity contribution in [2.24, 2.45) is 0 Å². The maximum absolute atomic E-state index is 12.7. The molecule has 0 fully saturated rings. The lowest BCUT2D eigenvalue weighted by Gasteiger charge is -2.27. The average Bonchev–Trinajstić information content (AvgIpc) is 3.36. The van der Waals surface area contributed by atoms with Crippen LogP contribution in [0.3, 0.4) is 0 Å². The number of benzene rings is 1. The van der Waals surface area contributed by atoms with Crippen molar-refractivity contribution in [2.45, 2.75) is 26.8 Å². The Balaban J connectivity index is 1.66. The molecule has 0 saturated carbocycles. The minimum atomic E-state index is -0.463. The highest BCUT2D eigenvalue weighted by Crippen LogP contribution is 2.27. The van der Waals surface area contributed by atoms with Gasteiger partial charge >= 0.3 is 12.0 Å². The minimum absolute atomic E-state index is 0.184. The van der Waals surface area contributed by atoms with Crippen LogP contribution in [-0.4, -0.2) is 39.8 Å². The summed E-state index contributed by atoms with van der Waals surface area (Å²) >= 11 is 1.47. The zero-order chi connectivity index (χ0) is 20.4. The highest BCUT2D eigenvalue weighted by atomic mass is 32.1. The fourth-order valence-corrected chi connectivity index (χ4v) is 4.00. The third kappa shape index (κ3) is 3.88. The maximum Gasteiger partial charge on any atom is 0.359 e. The smallest absolute Gasteiger partial charge is 0.359 e. The van der Waals surface area contributed by atoms with Crippen LogP contribution in [0.4, 0.5) is 9.80 Å². The Labute approximate surface area is 172 Å². The molecular formula is C21H22N4O3S. The van der Waals surface area contributed by atoms with E-state index >= 15 is 0 Å². The van der Waals surface area contributed by atoms with Crippen LogP contribution in [0.5, 0.6) is 0 Å². The first-order valence-electron chi connectivity index (χ1n) is 9.51. The van der Waals surface area contributed by atoms with Crippen LogP contribution in [0.1, 0.15) is 34.2 Å². The zero-order valence-electron chi connectivity index (χ0n) is 16.3. The second-order valence-corrected chi connectivity index (χ2v) is 7.77. The van der Waals surface area contributed by atoms with Gasteiger partial charge in [0.2, 0.25) is 0 Å². The first-order chi connectivity index (χ1) is 14.1. The Hall–Kier alpha value is -3.13. The third-order valence-corrected chi connectivity index (χ3v) is 5.63. The number of fused-ring (bicyclic) bond motifs is 1. The Kier molecular flexibility index (Phi) is 5.35. The van der Waals surface area contributed by atoms with Gasteiger partial charge in [0, 0.05) is 18.5 Å². The number of carbonyl (C=O) groups is 2. The van der Waals surface area contributed by atoms with Gasteiger partial charge in [-0.3, -0.25) is 5.32 Å². The van der Waals surface area contributed by atoms with Gasteiger partial charge in [-0.05, 0) is 43.5 Å². The number of amides is 2. The van der Waals surface area contributed by atoms with Gasteiger partial charge in [0.15, 0.2) is 5.69 Å². The lowest BCUT2D eigenvalue weighted by atomic mass is 10.0. The number of hydrogen-bond acceptors (Lipinski definition) is 5. The van der Waals surface area contributed by atoms with Crippen molar-refractivity contribution < 1.29 is 14.3 Å². The van der Waals surface area contributed by atoms with E-state index in [1.54, 1.807) is 16.5 Å². The number of esters is 1. The van der Waals surface area contributed by atoms with E-state index in [0.717, 1.165) is 27.5 Å². The molecule has 1 N–H and O–H groups in total. The Morgan fingerprint density at radius 2 is 2.03 bits per heavy atom. The van der Waals surface area contributed by atoms with E-state index in [0.29, 0.717) is 19.5 Å². The molecule has 4 rings (SSSR count). The predicted octanol–water partition coefficient (Wildman–Crippen LogP) is 4.01. The minimum Gasteiger partial charge on any atom is -0.461 e. The van der Waals surface area contributed by atoms with Crippen molar-refractivity contribution in [3.63, 3.8) is 0 Å². The maximum atomic E-state index is 12.7. The number of rotatable bonds is 4. The van der Waals surface area contributed by atoms with Gasteiger partial charge in [-0.15, -0.1) is 11.3 Å². The van der Waals surface area contributed by atoms with Crippen molar-refractivity contribution in [3.05, 3.63) is 64.3 Å². The number of urea groups is 1. The molecule has 3 aromatic rings. The molecule has 0 aliphatic carbocycles. The van der Waals surface area contributed by atoms with Gasteiger partial charge in [-0.2, -0.15) is 5.10 Å². The summed E-state index contributed by atoms with van der Waals surface area (Å²) < 4.78 is 7.01. The van der Waals surface area contributed by atoms with E-state index < -0.39 is 5.97 Å². The summed E-state index contributed by atoms with van der Waals surface area (Å²) in [6.45, 7) is 4.92. The molecule has 0 unspecified atom stereocenters. The Morgan fingerprint density at radius 3 is 2.72 bits per heavy atom. The second kappa shape index (κ2) is 8.08. The van der Waals surface area contributed by atoms with E-state index in [4.69, 9.17) is 4.74 Å². The molecule has 0 bridgehead atoms. The number of thiophene rings is 1. The van der Waals surface area contributed by atoms with Gasteiger partial charge in [0.05, 0.1) is 29.5 Å². The van der Waals surface area contributed by atoms with Crippen molar-refractivity contribution in [2.75, 3.05) is 18.5 Å². The van der Waals surface area contributed by atoms with Gasteiger partial charge in [0.25, 0.3) is 0 Å². The Morgan fingerprint density at radius 1 is 1.24 bits per heavy atom. The zero-order valence-corrected chi connectivity index (χ0v) is 17.2. The largest absolute Gasteiger partial charge is 0.461 e. The molecule has 0 spiro atoms. The topological polar surface area (TPSA) is 76.5 Å². The molecule has 1 aliphatic rings. The van der Waals surface area contributed by atoms with Crippen molar-refractivity contribution in [1.82, 2.24) is 14.7 Å². The molecule has 150 valence electrons. The van der Waals surface area contributed by atoms with Gasteiger partial charge in [-0.1, -0.05) is 17.7 Å². The van der Waals surface area contributed by atoms with Crippen molar-refractivity contribution in [1.29, 1.82) is 0 Å². The first kappa shape index (κ1) is 19.2. The molecule has 0 radical (unpaired) electrons. The molecule has 2 amide bonds. The molecular weight excluding hydrogens is 388 g/mol. The Bertz CT molecular complexity index is 1030. The molecule has 0 atom stereocenters. The van der Waals surface area contributed by atoms with E-state index in [2.05, 4.69) is 10.4 Å². The number of nitrogens with zero attached hydrogens (tertiary/aromatic N) is 3. The van der Waals surface area contributed by atoms with Gasteiger partial charge in [-0.25, -0.2) is 14.3 Å². The number of carbonyl (C=O) groups excluding carboxylic acids is 2. The fourth-order valence-electron chi connectivity index (χ4n) is 3.39. The normalized spacial score (nSPS) is 13.1. The summed E-state index contributed by atoms with van der Waals surface area (Å²) in [6, 6.07) is 11.5. The van der Waals surface area contributed by atoms with Gasteiger partial charge < -0.3 is 9.64 Å². The lowest BCUT2D eigenvalue weighted by molar-refractivity contribution is 0.0516. The summed E-state index contributed by atoms with van der Waals surface area (Å²) in [7, 11) is 0. The van der Waals surface area contributed by atoms with Crippen LogP contribution >= 0.6 is 11.3 Å². The summed E-state index contributed by atoms with van der Waals surface area (Å²) in [4.78, 5) is 26.9. The SMILES string of the molecule is CCOC(=O)c1nn(-c2ccc(C)cc2)c2c1CN(C(=O)Nc1cccs1)CC2. The van der Waals surface area contributed by atoms with Crippen LogP contribution in [0.2, 0.25) is 0 Å². The quantitative estimate of drug-likeness (QED) is 0.660. The highest BCUT2D eigenvalue weighted by molar-refractivity contribution is 7.14. The standard InChI is InChI=1S/C21H22N4O3S/c1-3-28-20(26)19-16-13-24(21(27)22-18-5-4-12-29-18)11-10-17(16)25(23-19)15-8-6-14(2)7-9-15/h4-9,12H,3,10-11,13H2,1-2H3,(H,22,27). The summed E-state index contributed by atoms with van der Waals surface area (Å²) in [5.74, 6) is -0.463. The summed E-state index contributed by atoms with van der Waals surface area (Å²) in [5.41, 5.74) is 4.00. The number of aromatic nitrogens is 2. The number of aryl methyl sites for hydroxylation is 1. The second-order valence-electron chi connectivity index (χ2n) is 6.82. The van der Waals surface area contributed by atoms with Crippen LogP contribution in [0.25, 0.3) is 5.69 Å². The molecule has 1 aromatic carbocycles. The van der Waals surface area contributed by atoms with Crippen molar-refractivity contribution in [3.8, 4) is 5.69 Å². The van der Waals surface area contributed by atoms with E-state index in [1.807, 2.05) is 48.7 Å². The number of hydrogen-bond donors (Lipinski definition) is 1. The monoisotopic (exact) mass is 410 g/mol. The lowest BCUT2D eigenvalue weighted by Crippen LogP contribution is -2.39. The highest BCUT2D eigenvalue weighted by Gasteiger charge is 2.31. The van der Waals surface area contributed by atoms with E-state index in [9.17, 15) is 9.59 Å². The molecule has 8 heteroatoms. The number of ether oxygens (including phenoxy) is 1. The molecule has 7 nitrogen and oxygen atoms in total. The number of anilines is 1. The summed E-state index contributed by atoms with van der Waals surface area (Å²) in [6.07, 6.45) is 0.605. The van der Waals surface area contributed by atoms with Crippen LogP contribution in [-0.2, 0) is 17.7 Å². The third-order valence-electron chi connectivity index (χ3n) is 4.84. The molecule has 3 heterocycles. The fraction of sp³-hybridized carbons (Fsp3) is 0.286. The average molecular weight is 410 g/mol. The molecule has 2 aromatic heterocycles. The van der Waals surface area contributed by atoms with Crippen molar-refractivity contribution >= 4 is 28.3 Å². The predicted molar refractivity (Wildman–Crippen MR) is 112 cm³/mol. The van der Waals surface area contributed by atoms with Crippen LogP contribution in [0.15, 0.2) is 41.8 Å².